The molecule has 4 atom stereocenters. The van der Waals surface area contributed by atoms with Gasteiger partial charge in [-0.15, -0.1) is 0 Å². The molecule has 0 radical (unpaired) electrons. The highest BCUT2D eigenvalue weighted by atomic mass is 16.4. The molecule has 4 unspecified atom stereocenters. The fourth-order valence-corrected chi connectivity index (χ4v) is 3.73. The molecule has 1 aromatic rings. The van der Waals surface area contributed by atoms with E-state index in [4.69, 9.17) is 34.4 Å². The second-order valence-electron chi connectivity index (χ2n) is 9.39. The average Bonchev–Trinajstić information content (AvgIpc) is 2.91. The van der Waals surface area contributed by atoms with Gasteiger partial charge in [0.1, 0.15) is 18.1 Å². The number of guanidine groups is 2. The number of carbonyl (C=O) groups excluding carboxylic acids is 4. The molecule has 42 heavy (non-hydrogen) atoms. The summed E-state index contributed by atoms with van der Waals surface area (Å²) in [6.45, 7) is 0.264. The van der Waals surface area contributed by atoms with Crippen molar-refractivity contribution in [2.24, 2.45) is 44.4 Å². The molecule has 0 aromatic heterocycles. The number of carboxylic acids is 1. The van der Waals surface area contributed by atoms with Gasteiger partial charge in [-0.1, -0.05) is 30.3 Å². The lowest BCUT2D eigenvalue weighted by Gasteiger charge is -2.25. The summed E-state index contributed by atoms with van der Waals surface area (Å²) in [7, 11) is 0. The number of hydrogen-bond donors (Lipinski definition) is 10. The standard InChI is InChI=1S/C25H41N11O6/c26-15(12-14-6-2-1-3-7-14)20(38)34-16(8-4-10-32-24(28)29)21(39)36-18(13-19(27)37)22(40)35-17(23(41)42)9-5-11-33-25(30)31/h1-3,6-7,15-18H,4-5,8-13,26H2,(H2,27,37)(H,34,38)(H,35,40)(H,36,39)(H,41,42)(H4,28,29,32)(H4,30,31,33). The van der Waals surface area contributed by atoms with Crippen LogP contribution in [0.2, 0.25) is 0 Å². The average molecular weight is 592 g/mol. The van der Waals surface area contributed by atoms with Crippen molar-refractivity contribution in [3.05, 3.63) is 35.9 Å². The molecule has 0 aliphatic carbocycles. The molecule has 4 amide bonds. The fourth-order valence-electron chi connectivity index (χ4n) is 3.73. The first-order valence-electron chi connectivity index (χ1n) is 13.1. The van der Waals surface area contributed by atoms with Crippen molar-refractivity contribution in [3.8, 4) is 0 Å². The Hall–Kier alpha value is -4.93. The maximum atomic E-state index is 13.2. The highest BCUT2D eigenvalue weighted by Gasteiger charge is 2.31. The lowest BCUT2D eigenvalue weighted by molar-refractivity contribution is -0.142. The number of primary amides is 1. The predicted octanol–water partition coefficient (Wildman–Crippen LogP) is -3.92. The van der Waals surface area contributed by atoms with E-state index in [0.29, 0.717) is 0 Å². The Balaban J connectivity index is 3.02. The highest BCUT2D eigenvalue weighted by molar-refractivity contribution is 5.96. The first kappa shape index (κ1) is 35.1. The van der Waals surface area contributed by atoms with E-state index in [1.165, 1.54) is 0 Å². The van der Waals surface area contributed by atoms with Crippen molar-refractivity contribution >= 4 is 41.5 Å². The van der Waals surface area contributed by atoms with Crippen LogP contribution in [0.4, 0.5) is 0 Å². The minimum Gasteiger partial charge on any atom is -0.480 e. The Labute approximate surface area is 242 Å². The number of amides is 4. The monoisotopic (exact) mass is 591 g/mol. The maximum Gasteiger partial charge on any atom is 0.326 e. The van der Waals surface area contributed by atoms with Crippen LogP contribution in [0.25, 0.3) is 0 Å². The van der Waals surface area contributed by atoms with Gasteiger partial charge in [-0.2, -0.15) is 0 Å². The summed E-state index contributed by atoms with van der Waals surface area (Å²) in [6, 6.07) is 3.89. The normalized spacial score (nSPS) is 13.4. The molecule has 232 valence electrons. The van der Waals surface area contributed by atoms with Gasteiger partial charge in [-0.05, 0) is 37.7 Å². The van der Waals surface area contributed by atoms with Crippen LogP contribution in [0.1, 0.15) is 37.7 Å². The number of rotatable bonds is 19. The number of aliphatic carboxylic acids is 1. The first-order valence-corrected chi connectivity index (χ1v) is 13.1. The summed E-state index contributed by atoms with van der Waals surface area (Å²) in [4.78, 5) is 70.0. The molecule has 0 saturated carbocycles. The number of aliphatic imine (C=N–C) groups is 2. The van der Waals surface area contributed by atoms with Crippen molar-refractivity contribution in [2.45, 2.75) is 62.7 Å². The van der Waals surface area contributed by atoms with E-state index < -0.39 is 60.2 Å². The molecule has 17 nitrogen and oxygen atoms in total. The zero-order valence-electron chi connectivity index (χ0n) is 23.2. The van der Waals surface area contributed by atoms with Crippen LogP contribution in [0.15, 0.2) is 40.3 Å². The molecule has 0 aliphatic heterocycles. The summed E-state index contributed by atoms with van der Waals surface area (Å²) in [5.41, 5.74) is 33.3. The molecule has 0 bridgehead atoms. The number of carbonyl (C=O) groups is 5. The SMILES string of the molecule is NC(=O)CC(NC(=O)C(CCCN=C(N)N)NC(=O)C(N)Cc1ccccc1)C(=O)NC(CCCN=C(N)N)C(=O)O. The zero-order valence-corrected chi connectivity index (χ0v) is 23.2. The molecule has 0 heterocycles. The number of nitrogens with zero attached hydrogens (tertiary/aromatic N) is 2. The Morgan fingerprint density at radius 2 is 1.19 bits per heavy atom. The van der Waals surface area contributed by atoms with E-state index in [-0.39, 0.29) is 57.1 Å². The molecule has 16 N–H and O–H groups in total. The Morgan fingerprint density at radius 3 is 1.69 bits per heavy atom. The molecule has 0 spiro atoms. The number of benzene rings is 1. The van der Waals surface area contributed by atoms with Crippen LogP contribution in [0.5, 0.6) is 0 Å². The second-order valence-corrected chi connectivity index (χ2v) is 9.39. The maximum absolute atomic E-state index is 13.2. The van der Waals surface area contributed by atoms with Gasteiger partial charge < -0.3 is 55.5 Å². The summed E-state index contributed by atoms with van der Waals surface area (Å²) < 4.78 is 0. The molecule has 0 aliphatic rings. The number of nitrogens with one attached hydrogen (secondary N) is 3. The lowest BCUT2D eigenvalue weighted by Crippen LogP contribution is -2.58. The Kier molecular flexibility index (Phi) is 15.4. The minimum atomic E-state index is -1.54. The lowest BCUT2D eigenvalue weighted by atomic mass is 10.0. The molecule has 0 fully saturated rings. The largest absolute Gasteiger partial charge is 0.480 e. The molecular weight excluding hydrogens is 550 g/mol. The van der Waals surface area contributed by atoms with Crippen LogP contribution >= 0.6 is 0 Å². The van der Waals surface area contributed by atoms with Crippen molar-refractivity contribution in [3.63, 3.8) is 0 Å². The smallest absolute Gasteiger partial charge is 0.326 e. The molecule has 17 heteroatoms. The zero-order chi connectivity index (χ0) is 31.7. The quantitative estimate of drug-likeness (QED) is 0.0420. The van der Waals surface area contributed by atoms with Gasteiger partial charge in [-0.3, -0.25) is 29.2 Å². The minimum absolute atomic E-state index is 0.0415. The van der Waals surface area contributed by atoms with Crippen LogP contribution < -0.4 is 50.4 Å². The van der Waals surface area contributed by atoms with Crippen molar-refractivity contribution in [1.82, 2.24) is 16.0 Å². The summed E-state index contributed by atoms with van der Waals surface area (Å²) in [5.74, 6) is -5.06. The van der Waals surface area contributed by atoms with Gasteiger partial charge in [0.05, 0.1) is 12.5 Å². The van der Waals surface area contributed by atoms with Crippen LogP contribution in [0, 0.1) is 0 Å². The van der Waals surface area contributed by atoms with E-state index >= 15 is 0 Å². The van der Waals surface area contributed by atoms with Crippen molar-refractivity contribution < 1.29 is 29.1 Å². The highest BCUT2D eigenvalue weighted by Crippen LogP contribution is 2.06. The Bertz CT molecular complexity index is 1120. The van der Waals surface area contributed by atoms with E-state index in [0.717, 1.165) is 5.56 Å². The van der Waals surface area contributed by atoms with Crippen LogP contribution in [0.3, 0.4) is 0 Å². The van der Waals surface area contributed by atoms with E-state index in [1.54, 1.807) is 24.3 Å². The third kappa shape index (κ3) is 14.5. The van der Waals surface area contributed by atoms with Crippen molar-refractivity contribution in [2.75, 3.05) is 13.1 Å². The molecule has 1 aromatic carbocycles. The third-order valence-corrected chi connectivity index (χ3v) is 5.81. The fraction of sp³-hybridized carbons (Fsp3) is 0.480. The molecule has 0 saturated heterocycles. The number of carboxylic acid groups (broad SMARTS) is 1. The third-order valence-electron chi connectivity index (χ3n) is 5.81. The molecular formula is C25H41N11O6. The van der Waals surface area contributed by atoms with Gasteiger partial charge in [0.2, 0.25) is 23.6 Å². The second kappa shape index (κ2) is 18.4. The van der Waals surface area contributed by atoms with Gasteiger partial charge in [0.25, 0.3) is 0 Å². The van der Waals surface area contributed by atoms with Gasteiger partial charge >= 0.3 is 5.97 Å². The first-order chi connectivity index (χ1) is 19.8. The van der Waals surface area contributed by atoms with Gasteiger partial charge in [0, 0.05) is 13.1 Å². The van der Waals surface area contributed by atoms with Crippen LogP contribution in [-0.4, -0.2) is 83.9 Å². The van der Waals surface area contributed by atoms with Gasteiger partial charge in [-0.25, -0.2) is 4.79 Å². The van der Waals surface area contributed by atoms with E-state index in [2.05, 4.69) is 25.9 Å². The number of hydrogen-bond acceptors (Lipinski definition) is 8. The summed E-state index contributed by atoms with van der Waals surface area (Å²) in [6.07, 6.45) is 0.0300. The number of nitrogens with two attached hydrogens (primary N) is 6. The summed E-state index contributed by atoms with van der Waals surface area (Å²) in [5, 5.41) is 16.7. The van der Waals surface area contributed by atoms with Crippen molar-refractivity contribution in [1.29, 1.82) is 0 Å². The summed E-state index contributed by atoms with van der Waals surface area (Å²) >= 11 is 0. The van der Waals surface area contributed by atoms with E-state index in [1.807, 2.05) is 6.07 Å². The van der Waals surface area contributed by atoms with Gasteiger partial charge in [0.15, 0.2) is 11.9 Å². The molecule has 1 rings (SSSR count). The van der Waals surface area contributed by atoms with E-state index in [9.17, 15) is 29.1 Å². The predicted molar refractivity (Wildman–Crippen MR) is 155 cm³/mol. The Morgan fingerprint density at radius 1 is 0.714 bits per heavy atom. The van der Waals surface area contributed by atoms with Crippen LogP contribution in [-0.2, 0) is 30.4 Å². The topological polar surface area (TPSA) is 323 Å².